The zero-order valence-corrected chi connectivity index (χ0v) is 16.5. The van der Waals surface area contributed by atoms with E-state index in [0.717, 1.165) is 63.0 Å². The molecule has 0 saturated carbocycles. The number of halogens is 1. The zero-order valence-electron chi connectivity index (χ0n) is 16.5. The molecule has 0 aliphatic carbocycles. The Morgan fingerprint density at radius 1 is 1.15 bits per heavy atom. The first kappa shape index (κ1) is 19.2. The summed E-state index contributed by atoms with van der Waals surface area (Å²) in [5.41, 5.74) is 3.34. The van der Waals surface area contributed by atoms with Gasteiger partial charge in [0.1, 0.15) is 5.82 Å². The summed E-state index contributed by atoms with van der Waals surface area (Å²) in [4.78, 5) is 8.99. The van der Waals surface area contributed by atoms with Gasteiger partial charge in [-0.15, -0.1) is 0 Å². The average molecular weight is 372 g/mol. The van der Waals surface area contributed by atoms with Crippen molar-refractivity contribution in [2.45, 2.75) is 26.8 Å². The van der Waals surface area contributed by atoms with E-state index in [1.165, 1.54) is 17.8 Å². The van der Waals surface area contributed by atoms with Crippen LogP contribution < -0.4 is 10.2 Å². The van der Waals surface area contributed by atoms with E-state index in [1.807, 2.05) is 26.1 Å². The summed E-state index contributed by atoms with van der Waals surface area (Å²) in [5.74, 6) is 0.754. The van der Waals surface area contributed by atoms with Crippen LogP contribution in [0.4, 0.5) is 10.1 Å². The van der Waals surface area contributed by atoms with Crippen molar-refractivity contribution >= 4 is 11.6 Å². The van der Waals surface area contributed by atoms with Crippen molar-refractivity contribution in [3.63, 3.8) is 0 Å². The molecule has 0 amide bonds. The minimum absolute atomic E-state index is 0.192. The van der Waals surface area contributed by atoms with Gasteiger partial charge < -0.3 is 15.1 Å². The Labute approximate surface area is 160 Å². The van der Waals surface area contributed by atoms with Gasteiger partial charge in [-0.1, -0.05) is 0 Å². The van der Waals surface area contributed by atoms with E-state index in [2.05, 4.69) is 42.9 Å². The summed E-state index contributed by atoms with van der Waals surface area (Å²) in [5, 5.41) is 7.96. The van der Waals surface area contributed by atoms with Crippen LogP contribution in [0.25, 0.3) is 0 Å². The van der Waals surface area contributed by atoms with Crippen molar-refractivity contribution in [1.82, 2.24) is 20.0 Å². The molecule has 0 radical (unpaired) electrons. The second kappa shape index (κ2) is 8.88. The SMILES string of the molecule is CN=C(NCCCn1nc(C)cc1C)N1CCN(c2ccc(F)cc2)CC1. The third-order valence-electron chi connectivity index (χ3n) is 4.92. The highest BCUT2D eigenvalue weighted by Crippen LogP contribution is 2.16. The van der Waals surface area contributed by atoms with Gasteiger partial charge in [-0.25, -0.2) is 4.39 Å². The maximum atomic E-state index is 13.1. The first-order valence-electron chi connectivity index (χ1n) is 9.54. The Morgan fingerprint density at radius 3 is 2.44 bits per heavy atom. The number of piperazine rings is 1. The van der Waals surface area contributed by atoms with Gasteiger partial charge in [0.15, 0.2) is 5.96 Å². The van der Waals surface area contributed by atoms with Crippen LogP contribution in [0.15, 0.2) is 35.3 Å². The van der Waals surface area contributed by atoms with Crippen LogP contribution in [-0.4, -0.2) is 60.4 Å². The highest BCUT2D eigenvalue weighted by atomic mass is 19.1. The Morgan fingerprint density at radius 2 is 1.85 bits per heavy atom. The lowest BCUT2D eigenvalue weighted by Crippen LogP contribution is -2.52. The van der Waals surface area contributed by atoms with E-state index in [4.69, 9.17) is 0 Å². The number of aryl methyl sites for hydroxylation is 3. The fourth-order valence-electron chi connectivity index (χ4n) is 3.49. The smallest absolute Gasteiger partial charge is 0.193 e. The Balaban J connectivity index is 1.43. The van der Waals surface area contributed by atoms with Gasteiger partial charge >= 0.3 is 0 Å². The second-order valence-corrected chi connectivity index (χ2v) is 6.93. The summed E-state index contributed by atoms with van der Waals surface area (Å²) in [6, 6.07) is 8.83. The summed E-state index contributed by atoms with van der Waals surface area (Å²) >= 11 is 0. The third-order valence-corrected chi connectivity index (χ3v) is 4.92. The molecule has 146 valence electrons. The molecule has 0 atom stereocenters. The number of anilines is 1. The predicted molar refractivity (Wildman–Crippen MR) is 108 cm³/mol. The molecule has 1 aliphatic heterocycles. The highest BCUT2D eigenvalue weighted by molar-refractivity contribution is 5.80. The number of rotatable bonds is 5. The largest absolute Gasteiger partial charge is 0.368 e. The minimum atomic E-state index is -0.192. The molecule has 2 heterocycles. The molecule has 6 nitrogen and oxygen atoms in total. The number of hydrogen-bond donors (Lipinski definition) is 1. The topological polar surface area (TPSA) is 48.7 Å². The molecule has 0 bridgehead atoms. The van der Waals surface area contributed by atoms with Gasteiger partial charge in [-0.3, -0.25) is 9.67 Å². The summed E-state index contributed by atoms with van der Waals surface area (Å²) < 4.78 is 15.1. The van der Waals surface area contributed by atoms with E-state index < -0.39 is 0 Å². The first-order valence-corrected chi connectivity index (χ1v) is 9.54. The molecule has 1 aromatic heterocycles. The lowest BCUT2D eigenvalue weighted by atomic mass is 10.2. The number of hydrogen-bond acceptors (Lipinski definition) is 3. The Hall–Kier alpha value is -2.57. The Kier molecular flexibility index (Phi) is 6.32. The van der Waals surface area contributed by atoms with Crippen LogP contribution in [-0.2, 0) is 6.54 Å². The quantitative estimate of drug-likeness (QED) is 0.498. The molecular weight excluding hydrogens is 343 g/mol. The van der Waals surface area contributed by atoms with E-state index in [9.17, 15) is 4.39 Å². The van der Waals surface area contributed by atoms with Crippen molar-refractivity contribution in [3.05, 3.63) is 47.5 Å². The average Bonchev–Trinajstić information content (AvgIpc) is 3.00. The van der Waals surface area contributed by atoms with Crippen molar-refractivity contribution in [1.29, 1.82) is 0 Å². The predicted octanol–water partition coefficient (Wildman–Crippen LogP) is 2.43. The molecule has 2 aromatic rings. The van der Waals surface area contributed by atoms with Gasteiger partial charge in [0.2, 0.25) is 0 Å². The molecule has 1 aromatic carbocycles. The summed E-state index contributed by atoms with van der Waals surface area (Å²) in [6.45, 7) is 9.48. The number of aliphatic imine (C=N–C) groups is 1. The molecule has 1 saturated heterocycles. The highest BCUT2D eigenvalue weighted by Gasteiger charge is 2.19. The Bertz CT molecular complexity index is 759. The second-order valence-electron chi connectivity index (χ2n) is 6.93. The molecule has 3 rings (SSSR count). The summed E-state index contributed by atoms with van der Waals surface area (Å²) in [7, 11) is 1.83. The monoisotopic (exact) mass is 372 g/mol. The van der Waals surface area contributed by atoms with E-state index in [-0.39, 0.29) is 5.82 Å². The number of benzene rings is 1. The molecule has 7 heteroatoms. The third kappa shape index (κ3) is 4.99. The number of guanidine groups is 1. The van der Waals surface area contributed by atoms with E-state index in [0.29, 0.717) is 0 Å². The number of nitrogens with zero attached hydrogens (tertiary/aromatic N) is 5. The standard InChI is InChI=1S/C20H29FN6/c1-16-15-17(2)27(24-16)10-4-9-23-20(22-3)26-13-11-25(12-14-26)19-7-5-18(21)6-8-19/h5-8,15H,4,9-14H2,1-3H3,(H,22,23). The van der Waals surface area contributed by atoms with E-state index >= 15 is 0 Å². The minimum Gasteiger partial charge on any atom is -0.368 e. The van der Waals surface area contributed by atoms with Gasteiger partial charge in [0.25, 0.3) is 0 Å². The molecule has 0 unspecified atom stereocenters. The number of nitrogens with one attached hydrogen (secondary N) is 1. The van der Waals surface area contributed by atoms with Crippen molar-refractivity contribution in [3.8, 4) is 0 Å². The van der Waals surface area contributed by atoms with Crippen LogP contribution >= 0.6 is 0 Å². The maximum Gasteiger partial charge on any atom is 0.193 e. The van der Waals surface area contributed by atoms with Crippen molar-refractivity contribution < 1.29 is 4.39 Å². The van der Waals surface area contributed by atoms with Crippen LogP contribution in [0.5, 0.6) is 0 Å². The van der Waals surface area contributed by atoms with Gasteiger partial charge in [-0.2, -0.15) is 5.10 Å². The normalized spacial score (nSPS) is 15.3. The molecule has 27 heavy (non-hydrogen) atoms. The lowest BCUT2D eigenvalue weighted by Gasteiger charge is -2.37. The van der Waals surface area contributed by atoms with Crippen LogP contribution in [0, 0.1) is 19.7 Å². The lowest BCUT2D eigenvalue weighted by molar-refractivity contribution is 0.371. The zero-order chi connectivity index (χ0) is 19.2. The first-order chi connectivity index (χ1) is 13.1. The maximum absolute atomic E-state index is 13.1. The van der Waals surface area contributed by atoms with Gasteiger partial charge in [0, 0.05) is 57.7 Å². The molecule has 1 fully saturated rings. The molecule has 1 aliphatic rings. The van der Waals surface area contributed by atoms with E-state index in [1.54, 1.807) is 0 Å². The van der Waals surface area contributed by atoms with Gasteiger partial charge in [0.05, 0.1) is 5.69 Å². The fourth-order valence-corrected chi connectivity index (χ4v) is 3.49. The van der Waals surface area contributed by atoms with Crippen molar-refractivity contribution in [2.24, 2.45) is 4.99 Å². The fraction of sp³-hybridized carbons (Fsp3) is 0.500. The van der Waals surface area contributed by atoms with Crippen molar-refractivity contribution in [2.75, 3.05) is 44.7 Å². The van der Waals surface area contributed by atoms with Crippen LogP contribution in [0.2, 0.25) is 0 Å². The van der Waals surface area contributed by atoms with Crippen LogP contribution in [0.1, 0.15) is 17.8 Å². The molecule has 0 spiro atoms. The van der Waals surface area contributed by atoms with Gasteiger partial charge in [-0.05, 0) is 50.6 Å². The number of aromatic nitrogens is 2. The molecule has 1 N–H and O–H groups in total. The summed E-state index contributed by atoms with van der Waals surface area (Å²) in [6.07, 6.45) is 0.997. The molecular formula is C20H29FN6. The van der Waals surface area contributed by atoms with Crippen LogP contribution in [0.3, 0.4) is 0 Å².